The summed E-state index contributed by atoms with van der Waals surface area (Å²) in [5.41, 5.74) is 0.113. The molecule has 1 saturated heterocycles. The van der Waals surface area contributed by atoms with Crippen LogP contribution in [0.5, 0.6) is 11.5 Å². The summed E-state index contributed by atoms with van der Waals surface area (Å²) in [5, 5.41) is 8.93. The maximum absolute atomic E-state index is 12.0. The Labute approximate surface area is 116 Å². The zero-order valence-electron chi connectivity index (χ0n) is 11.5. The highest BCUT2D eigenvalue weighted by Gasteiger charge is 2.32. The molecule has 1 aliphatic rings. The monoisotopic (exact) mass is 279 g/mol. The standard InChI is InChI=1S/C14H17NO5/c1-3-15-7-6-11(13(15)16)20-10-5-4-9(14(17)18)8-12(10)19-2/h4-5,8,11H,3,6-7H2,1-2H3,(H,17,18). The van der Waals surface area contributed by atoms with Crippen LogP contribution in [0.25, 0.3) is 0 Å². The van der Waals surface area contributed by atoms with E-state index in [4.69, 9.17) is 14.6 Å². The van der Waals surface area contributed by atoms with Crippen LogP contribution < -0.4 is 9.47 Å². The number of hydrogen-bond acceptors (Lipinski definition) is 4. The molecule has 1 fully saturated rings. The van der Waals surface area contributed by atoms with Crippen LogP contribution in [-0.2, 0) is 4.79 Å². The van der Waals surface area contributed by atoms with Crippen LogP contribution in [0.1, 0.15) is 23.7 Å². The summed E-state index contributed by atoms with van der Waals surface area (Å²) in [7, 11) is 1.43. The van der Waals surface area contributed by atoms with Crippen molar-refractivity contribution >= 4 is 11.9 Å². The predicted octanol–water partition coefficient (Wildman–Crippen LogP) is 1.39. The van der Waals surface area contributed by atoms with Gasteiger partial charge in [0.1, 0.15) is 0 Å². The predicted molar refractivity (Wildman–Crippen MR) is 71.2 cm³/mol. The molecule has 0 saturated carbocycles. The lowest BCUT2D eigenvalue weighted by Gasteiger charge is -2.16. The van der Waals surface area contributed by atoms with Crippen LogP contribution in [0.15, 0.2) is 18.2 Å². The molecular weight excluding hydrogens is 262 g/mol. The maximum atomic E-state index is 12.0. The second kappa shape index (κ2) is 5.81. The molecule has 1 aromatic rings. The fourth-order valence-electron chi connectivity index (χ4n) is 2.18. The molecule has 2 rings (SSSR count). The quantitative estimate of drug-likeness (QED) is 0.881. The van der Waals surface area contributed by atoms with Gasteiger partial charge < -0.3 is 19.5 Å². The normalized spacial score (nSPS) is 18.2. The van der Waals surface area contributed by atoms with Gasteiger partial charge in [0.25, 0.3) is 5.91 Å². The lowest BCUT2D eigenvalue weighted by Crippen LogP contribution is -2.32. The van der Waals surface area contributed by atoms with Crippen molar-refractivity contribution in [1.29, 1.82) is 0 Å². The summed E-state index contributed by atoms with van der Waals surface area (Å²) in [6, 6.07) is 4.33. The summed E-state index contributed by atoms with van der Waals surface area (Å²) >= 11 is 0. The first-order chi connectivity index (χ1) is 9.56. The van der Waals surface area contributed by atoms with E-state index in [-0.39, 0.29) is 11.5 Å². The second-order valence-corrected chi connectivity index (χ2v) is 4.48. The molecule has 6 nitrogen and oxygen atoms in total. The number of benzene rings is 1. The number of carbonyl (C=O) groups excluding carboxylic acids is 1. The van der Waals surface area contributed by atoms with Gasteiger partial charge in [-0.05, 0) is 25.1 Å². The lowest BCUT2D eigenvalue weighted by atomic mass is 10.2. The Kier molecular flexibility index (Phi) is 4.12. The van der Waals surface area contributed by atoms with E-state index in [0.717, 1.165) is 0 Å². The smallest absolute Gasteiger partial charge is 0.335 e. The van der Waals surface area contributed by atoms with Gasteiger partial charge in [-0.3, -0.25) is 4.79 Å². The second-order valence-electron chi connectivity index (χ2n) is 4.48. The molecule has 1 unspecified atom stereocenters. The number of likely N-dealkylation sites (N-methyl/N-ethyl adjacent to an activating group) is 1. The van der Waals surface area contributed by atoms with Gasteiger partial charge in [0.15, 0.2) is 17.6 Å². The number of hydrogen-bond donors (Lipinski definition) is 1. The molecule has 1 N–H and O–H groups in total. The summed E-state index contributed by atoms with van der Waals surface area (Å²) < 4.78 is 10.8. The molecule has 0 radical (unpaired) electrons. The fraction of sp³-hybridized carbons (Fsp3) is 0.429. The minimum absolute atomic E-state index is 0.0446. The van der Waals surface area contributed by atoms with E-state index in [1.807, 2.05) is 6.92 Å². The number of ether oxygens (including phenoxy) is 2. The highest BCUT2D eigenvalue weighted by Crippen LogP contribution is 2.30. The van der Waals surface area contributed by atoms with Crippen molar-refractivity contribution in [2.24, 2.45) is 0 Å². The minimum Gasteiger partial charge on any atom is -0.493 e. The topological polar surface area (TPSA) is 76.1 Å². The maximum Gasteiger partial charge on any atom is 0.335 e. The molecule has 0 spiro atoms. The Balaban J connectivity index is 2.17. The van der Waals surface area contributed by atoms with Crippen LogP contribution in [0.2, 0.25) is 0 Å². The third kappa shape index (κ3) is 2.68. The number of carboxylic acids is 1. The van der Waals surface area contributed by atoms with E-state index in [2.05, 4.69) is 0 Å². The minimum atomic E-state index is -1.04. The zero-order chi connectivity index (χ0) is 14.7. The number of nitrogens with zero attached hydrogens (tertiary/aromatic N) is 1. The van der Waals surface area contributed by atoms with E-state index < -0.39 is 12.1 Å². The fourth-order valence-corrected chi connectivity index (χ4v) is 2.18. The Morgan fingerprint density at radius 1 is 1.45 bits per heavy atom. The Bertz CT molecular complexity index is 528. The van der Waals surface area contributed by atoms with Crippen molar-refractivity contribution in [3.63, 3.8) is 0 Å². The van der Waals surface area contributed by atoms with Gasteiger partial charge in [0.2, 0.25) is 0 Å². The molecule has 20 heavy (non-hydrogen) atoms. The molecule has 0 aromatic heterocycles. The van der Waals surface area contributed by atoms with Crippen LogP contribution in [0, 0.1) is 0 Å². The molecule has 1 aromatic carbocycles. The molecule has 1 amide bonds. The zero-order valence-corrected chi connectivity index (χ0v) is 11.5. The first-order valence-electron chi connectivity index (χ1n) is 6.43. The first-order valence-corrected chi connectivity index (χ1v) is 6.43. The average Bonchev–Trinajstić information content (AvgIpc) is 2.79. The van der Waals surface area contributed by atoms with E-state index >= 15 is 0 Å². The molecule has 1 atom stereocenters. The third-order valence-corrected chi connectivity index (χ3v) is 3.31. The van der Waals surface area contributed by atoms with E-state index in [1.54, 1.807) is 4.90 Å². The van der Waals surface area contributed by atoms with Crippen molar-refractivity contribution < 1.29 is 24.2 Å². The largest absolute Gasteiger partial charge is 0.493 e. The summed E-state index contributed by atoms with van der Waals surface area (Å²) in [6.45, 7) is 3.26. The van der Waals surface area contributed by atoms with Crippen LogP contribution in [0.3, 0.4) is 0 Å². The Morgan fingerprint density at radius 3 is 2.75 bits per heavy atom. The summed E-state index contributed by atoms with van der Waals surface area (Å²) in [5.74, 6) is -0.387. The molecule has 6 heteroatoms. The number of amides is 1. The van der Waals surface area contributed by atoms with Gasteiger partial charge in [-0.1, -0.05) is 0 Å². The van der Waals surface area contributed by atoms with Crippen molar-refractivity contribution in [3.8, 4) is 11.5 Å². The first kappa shape index (κ1) is 14.2. The van der Waals surface area contributed by atoms with Crippen molar-refractivity contribution in [2.45, 2.75) is 19.4 Å². The van der Waals surface area contributed by atoms with Crippen LogP contribution in [0.4, 0.5) is 0 Å². The number of carbonyl (C=O) groups is 2. The molecule has 108 valence electrons. The third-order valence-electron chi connectivity index (χ3n) is 3.31. The highest BCUT2D eigenvalue weighted by molar-refractivity contribution is 5.88. The Hall–Kier alpha value is -2.24. The van der Waals surface area contributed by atoms with Crippen molar-refractivity contribution in [3.05, 3.63) is 23.8 Å². The summed E-state index contributed by atoms with van der Waals surface area (Å²) in [6.07, 6.45) is 0.0933. The van der Waals surface area contributed by atoms with E-state index in [1.165, 1.54) is 25.3 Å². The van der Waals surface area contributed by atoms with Gasteiger partial charge in [-0.25, -0.2) is 4.79 Å². The van der Waals surface area contributed by atoms with Crippen molar-refractivity contribution in [2.75, 3.05) is 20.2 Å². The van der Waals surface area contributed by atoms with E-state index in [0.29, 0.717) is 31.0 Å². The van der Waals surface area contributed by atoms with Gasteiger partial charge >= 0.3 is 5.97 Å². The van der Waals surface area contributed by atoms with Gasteiger partial charge in [0.05, 0.1) is 12.7 Å². The number of carboxylic acid groups (broad SMARTS) is 1. The van der Waals surface area contributed by atoms with E-state index in [9.17, 15) is 9.59 Å². The number of methoxy groups -OCH3 is 1. The van der Waals surface area contributed by atoms with Gasteiger partial charge in [-0.15, -0.1) is 0 Å². The highest BCUT2D eigenvalue weighted by atomic mass is 16.5. The molecular formula is C14H17NO5. The van der Waals surface area contributed by atoms with Crippen molar-refractivity contribution in [1.82, 2.24) is 4.90 Å². The lowest BCUT2D eigenvalue weighted by molar-refractivity contribution is -0.133. The summed E-state index contributed by atoms with van der Waals surface area (Å²) in [4.78, 5) is 24.6. The average molecular weight is 279 g/mol. The van der Waals surface area contributed by atoms with Crippen LogP contribution in [-0.4, -0.2) is 48.2 Å². The van der Waals surface area contributed by atoms with Gasteiger partial charge in [-0.2, -0.15) is 0 Å². The molecule has 1 heterocycles. The molecule has 0 bridgehead atoms. The SMILES string of the molecule is CCN1CCC(Oc2ccc(C(=O)O)cc2OC)C1=O. The molecule has 0 aliphatic carbocycles. The Morgan fingerprint density at radius 2 is 2.20 bits per heavy atom. The number of likely N-dealkylation sites (tertiary alicyclic amines) is 1. The number of rotatable bonds is 5. The number of aromatic carboxylic acids is 1. The molecule has 1 aliphatic heterocycles. The van der Waals surface area contributed by atoms with Gasteiger partial charge in [0, 0.05) is 19.5 Å². The van der Waals surface area contributed by atoms with Crippen LogP contribution >= 0.6 is 0 Å².